The summed E-state index contributed by atoms with van der Waals surface area (Å²) in [6, 6.07) is 7.15. The van der Waals surface area contributed by atoms with Crippen molar-refractivity contribution in [1.29, 1.82) is 5.26 Å². The summed E-state index contributed by atoms with van der Waals surface area (Å²) in [7, 11) is 1.85. The van der Waals surface area contributed by atoms with Crippen LogP contribution in [0.25, 0.3) is 0 Å². The van der Waals surface area contributed by atoms with Gasteiger partial charge in [0.1, 0.15) is 5.82 Å². The molecular formula is C15H22FN3. The molecular weight excluding hydrogens is 241 g/mol. The number of benzene rings is 1. The zero-order valence-electron chi connectivity index (χ0n) is 12.1. The molecule has 1 rings (SSSR count). The van der Waals surface area contributed by atoms with Gasteiger partial charge in [-0.05, 0) is 51.6 Å². The van der Waals surface area contributed by atoms with Gasteiger partial charge in [-0.15, -0.1) is 0 Å². The van der Waals surface area contributed by atoms with Crippen molar-refractivity contribution >= 4 is 5.69 Å². The van der Waals surface area contributed by atoms with E-state index >= 15 is 0 Å². The van der Waals surface area contributed by atoms with Crippen molar-refractivity contribution in [3.05, 3.63) is 29.6 Å². The van der Waals surface area contributed by atoms with Gasteiger partial charge in [-0.3, -0.25) is 0 Å². The molecule has 0 bridgehead atoms. The number of anilines is 1. The Bertz CT molecular complexity index is 453. The number of rotatable bonds is 6. The molecule has 2 atom stereocenters. The number of hydrogen-bond donors (Lipinski definition) is 1. The summed E-state index contributed by atoms with van der Waals surface area (Å²) in [6.45, 7) is 7.39. The highest BCUT2D eigenvalue weighted by atomic mass is 19.1. The summed E-state index contributed by atoms with van der Waals surface area (Å²) in [5, 5.41) is 12.1. The maximum absolute atomic E-state index is 13.4. The third-order valence-electron chi connectivity index (χ3n) is 3.33. The van der Waals surface area contributed by atoms with Gasteiger partial charge >= 0.3 is 0 Å². The molecule has 0 aromatic heterocycles. The van der Waals surface area contributed by atoms with Gasteiger partial charge in [-0.1, -0.05) is 0 Å². The van der Waals surface area contributed by atoms with Crippen LogP contribution < -0.4 is 10.2 Å². The maximum atomic E-state index is 13.4. The van der Waals surface area contributed by atoms with Crippen molar-refractivity contribution < 1.29 is 4.39 Å². The molecule has 0 amide bonds. The van der Waals surface area contributed by atoms with Crippen molar-refractivity contribution in [2.24, 2.45) is 5.92 Å². The first kappa shape index (κ1) is 15.5. The third-order valence-corrected chi connectivity index (χ3v) is 3.33. The monoisotopic (exact) mass is 263 g/mol. The number of nitrogens with one attached hydrogen (secondary N) is 1. The Morgan fingerprint density at radius 1 is 1.42 bits per heavy atom. The number of nitriles is 1. The van der Waals surface area contributed by atoms with E-state index in [1.165, 1.54) is 6.07 Å². The van der Waals surface area contributed by atoms with Gasteiger partial charge in [-0.25, -0.2) is 4.39 Å². The van der Waals surface area contributed by atoms with E-state index in [9.17, 15) is 4.39 Å². The lowest BCUT2D eigenvalue weighted by Gasteiger charge is -2.28. The lowest BCUT2D eigenvalue weighted by molar-refractivity contribution is 0.603. The summed E-state index contributed by atoms with van der Waals surface area (Å²) in [4.78, 5) is 2.12. The maximum Gasteiger partial charge on any atom is 0.123 e. The van der Waals surface area contributed by atoms with Crippen LogP contribution in [0.5, 0.6) is 0 Å². The van der Waals surface area contributed by atoms with E-state index in [1.54, 1.807) is 12.1 Å². The summed E-state index contributed by atoms with van der Waals surface area (Å²) in [5.74, 6) is -0.284. The number of halogens is 1. The van der Waals surface area contributed by atoms with E-state index in [0.29, 0.717) is 6.54 Å². The Balaban J connectivity index is 3.12. The van der Waals surface area contributed by atoms with Gasteiger partial charge < -0.3 is 10.2 Å². The number of nitrogens with zero attached hydrogens (tertiary/aromatic N) is 2. The smallest absolute Gasteiger partial charge is 0.123 e. The van der Waals surface area contributed by atoms with E-state index in [-0.39, 0.29) is 17.8 Å². The molecule has 1 N–H and O–H groups in total. The summed E-state index contributed by atoms with van der Waals surface area (Å²) >= 11 is 0. The van der Waals surface area contributed by atoms with Crippen LogP contribution in [-0.4, -0.2) is 20.1 Å². The fourth-order valence-electron chi connectivity index (χ4n) is 2.08. The molecule has 19 heavy (non-hydrogen) atoms. The van der Waals surface area contributed by atoms with Crippen molar-refractivity contribution in [3.63, 3.8) is 0 Å². The highest BCUT2D eigenvalue weighted by molar-refractivity contribution is 5.55. The fraction of sp³-hybridized carbons (Fsp3) is 0.533. The molecule has 0 heterocycles. The predicted octanol–water partition coefficient (Wildman–Crippen LogP) is 3.09. The summed E-state index contributed by atoms with van der Waals surface area (Å²) in [5.41, 5.74) is 1.92. The molecule has 0 fully saturated rings. The molecule has 3 nitrogen and oxygen atoms in total. The van der Waals surface area contributed by atoms with Crippen LogP contribution in [0.15, 0.2) is 18.2 Å². The molecule has 0 aliphatic heterocycles. The van der Waals surface area contributed by atoms with Crippen LogP contribution in [0, 0.1) is 23.1 Å². The Labute approximate surface area is 115 Å². The molecule has 4 heteroatoms. The molecule has 0 radical (unpaired) electrons. The molecule has 0 aliphatic rings. The second-order valence-corrected chi connectivity index (χ2v) is 4.78. The van der Waals surface area contributed by atoms with E-state index < -0.39 is 0 Å². The SMILES string of the molecule is CCN(CC(C)C#N)c1ccc(F)cc1C(C)NC. The zero-order valence-corrected chi connectivity index (χ0v) is 12.1. The van der Waals surface area contributed by atoms with E-state index in [0.717, 1.165) is 17.8 Å². The van der Waals surface area contributed by atoms with Gasteiger partial charge in [0.25, 0.3) is 0 Å². The lowest BCUT2D eigenvalue weighted by Crippen LogP contribution is -2.30. The average molecular weight is 263 g/mol. The quantitative estimate of drug-likeness (QED) is 0.857. The normalized spacial score (nSPS) is 13.7. The first-order valence-electron chi connectivity index (χ1n) is 6.64. The van der Waals surface area contributed by atoms with Crippen LogP contribution in [0.1, 0.15) is 32.4 Å². The standard InChI is InChI=1S/C15H22FN3/c1-5-19(10-11(2)9-17)15-7-6-13(16)8-14(15)12(3)18-4/h6-8,11-12,18H,5,10H2,1-4H3. The first-order chi connectivity index (χ1) is 9.03. The molecule has 0 saturated heterocycles. The zero-order chi connectivity index (χ0) is 14.4. The Morgan fingerprint density at radius 3 is 2.63 bits per heavy atom. The molecule has 1 aromatic carbocycles. The highest BCUT2D eigenvalue weighted by Gasteiger charge is 2.16. The molecule has 2 unspecified atom stereocenters. The van der Waals surface area contributed by atoms with E-state index in [1.807, 2.05) is 27.8 Å². The molecule has 104 valence electrons. The van der Waals surface area contributed by atoms with E-state index in [2.05, 4.69) is 16.3 Å². The lowest BCUT2D eigenvalue weighted by atomic mass is 10.0. The minimum Gasteiger partial charge on any atom is -0.370 e. The molecule has 0 spiro atoms. The Kier molecular flexibility index (Phi) is 5.78. The predicted molar refractivity (Wildman–Crippen MR) is 76.5 cm³/mol. The average Bonchev–Trinajstić information content (AvgIpc) is 2.43. The third kappa shape index (κ3) is 3.93. The largest absolute Gasteiger partial charge is 0.370 e. The molecule has 0 saturated carbocycles. The highest BCUT2D eigenvalue weighted by Crippen LogP contribution is 2.27. The van der Waals surface area contributed by atoms with Crippen LogP contribution >= 0.6 is 0 Å². The van der Waals surface area contributed by atoms with Gasteiger partial charge in [0.05, 0.1) is 12.0 Å². The Morgan fingerprint density at radius 2 is 2.11 bits per heavy atom. The van der Waals surface area contributed by atoms with Crippen LogP contribution in [0.3, 0.4) is 0 Å². The van der Waals surface area contributed by atoms with E-state index in [4.69, 9.17) is 5.26 Å². The summed E-state index contributed by atoms with van der Waals surface area (Å²) in [6.07, 6.45) is 0. The second-order valence-electron chi connectivity index (χ2n) is 4.78. The van der Waals surface area contributed by atoms with Crippen LogP contribution in [0.4, 0.5) is 10.1 Å². The topological polar surface area (TPSA) is 39.1 Å². The minimum absolute atomic E-state index is 0.0530. The van der Waals surface area contributed by atoms with Crippen LogP contribution in [0.2, 0.25) is 0 Å². The van der Waals surface area contributed by atoms with Gasteiger partial charge in [0.2, 0.25) is 0 Å². The van der Waals surface area contributed by atoms with Crippen molar-refractivity contribution in [2.75, 3.05) is 25.0 Å². The van der Waals surface area contributed by atoms with Crippen molar-refractivity contribution in [3.8, 4) is 6.07 Å². The minimum atomic E-state index is -0.231. The Hall–Kier alpha value is -1.60. The van der Waals surface area contributed by atoms with Crippen molar-refractivity contribution in [1.82, 2.24) is 5.32 Å². The molecule has 0 aliphatic carbocycles. The number of hydrogen-bond acceptors (Lipinski definition) is 3. The van der Waals surface area contributed by atoms with Gasteiger partial charge in [-0.2, -0.15) is 5.26 Å². The molecule has 1 aromatic rings. The van der Waals surface area contributed by atoms with Gasteiger partial charge in [0, 0.05) is 24.8 Å². The first-order valence-corrected chi connectivity index (χ1v) is 6.64. The fourth-order valence-corrected chi connectivity index (χ4v) is 2.08. The van der Waals surface area contributed by atoms with Crippen LogP contribution in [-0.2, 0) is 0 Å². The summed E-state index contributed by atoms with van der Waals surface area (Å²) < 4.78 is 13.4. The van der Waals surface area contributed by atoms with Crippen molar-refractivity contribution in [2.45, 2.75) is 26.8 Å². The second kappa shape index (κ2) is 7.10. The van der Waals surface area contributed by atoms with Gasteiger partial charge in [0.15, 0.2) is 0 Å².